The third-order valence-corrected chi connectivity index (χ3v) is 4.28. The standard InChI is InChI=1S/C15H30N2O/c1-5-15(8-6-7-9-15)11-17-13(4)14(18)16-10-12(2)3/h12-13,17H,5-11H2,1-4H3,(H,16,18). The molecule has 18 heavy (non-hydrogen) atoms. The molecule has 1 fully saturated rings. The Morgan fingerprint density at radius 3 is 2.33 bits per heavy atom. The first-order valence-electron chi connectivity index (χ1n) is 7.50. The summed E-state index contributed by atoms with van der Waals surface area (Å²) >= 11 is 0. The van der Waals surface area contributed by atoms with E-state index in [4.69, 9.17) is 0 Å². The third-order valence-electron chi connectivity index (χ3n) is 4.28. The molecule has 3 nitrogen and oxygen atoms in total. The average Bonchev–Trinajstić information content (AvgIpc) is 2.82. The van der Waals surface area contributed by atoms with Gasteiger partial charge in [-0.15, -0.1) is 0 Å². The maximum Gasteiger partial charge on any atom is 0.236 e. The number of carbonyl (C=O) groups is 1. The van der Waals surface area contributed by atoms with E-state index in [2.05, 4.69) is 31.4 Å². The molecule has 106 valence electrons. The minimum Gasteiger partial charge on any atom is -0.354 e. The number of hydrogen-bond acceptors (Lipinski definition) is 2. The van der Waals surface area contributed by atoms with Crippen molar-refractivity contribution in [3.63, 3.8) is 0 Å². The second kappa shape index (κ2) is 7.13. The topological polar surface area (TPSA) is 41.1 Å². The first-order valence-corrected chi connectivity index (χ1v) is 7.50. The summed E-state index contributed by atoms with van der Waals surface area (Å²) in [4.78, 5) is 11.9. The molecule has 1 rings (SSSR count). The summed E-state index contributed by atoms with van der Waals surface area (Å²) in [5.41, 5.74) is 0.451. The molecule has 0 radical (unpaired) electrons. The smallest absolute Gasteiger partial charge is 0.236 e. The molecule has 0 aliphatic heterocycles. The fourth-order valence-electron chi connectivity index (χ4n) is 2.70. The molecule has 1 unspecified atom stereocenters. The Balaban J connectivity index is 2.31. The predicted molar refractivity (Wildman–Crippen MR) is 76.5 cm³/mol. The highest BCUT2D eigenvalue weighted by Crippen LogP contribution is 2.40. The number of hydrogen-bond donors (Lipinski definition) is 2. The normalized spacial score (nSPS) is 20.1. The molecule has 0 aromatic heterocycles. The number of rotatable bonds is 7. The van der Waals surface area contributed by atoms with E-state index >= 15 is 0 Å². The molecule has 0 bridgehead atoms. The zero-order valence-electron chi connectivity index (χ0n) is 12.5. The van der Waals surface area contributed by atoms with Crippen LogP contribution in [0.3, 0.4) is 0 Å². The van der Waals surface area contributed by atoms with Gasteiger partial charge in [0.05, 0.1) is 6.04 Å². The second-order valence-electron chi connectivity index (χ2n) is 6.30. The molecule has 0 aromatic carbocycles. The van der Waals surface area contributed by atoms with E-state index in [9.17, 15) is 4.79 Å². The Morgan fingerprint density at radius 1 is 1.22 bits per heavy atom. The summed E-state index contributed by atoms with van der Waals surface area (Å²) < 4.78 is 0. The fourth-order valence-corrected chi connectivity index (χ4v) is 2.70. The van der Waals surface area contributed by atoms with Gasteiger partial charge < -0.3 is 10.6 Å². The van der Waals surface area contributed by atoms with Crippen LogP contribution in [-0.4, -0.2) is 25.0 Å². The van der Waals surface area contributed by atoms with Crippen LogP contribution >= 0.6 is 0 Å². The lowest BCUT2D eigenvalue weighted by atomic mass is 9.83. The Morgan fingerprint density at radius 2 is 1.83 bits per heavy atom. The number of carbonyl (C=O) groups excluding carboxylic acids is 1. The van der Waals surface area contributed by atoms with Gasteiger partial charge in [-0.3, -0.25) is 4.79 Å². The molecular weight excluding hydrogens is 224 g/mol. The van der Waals surface area contributed by atoms with Gasteiger partial charge in [-0.2, -0.15) is 0 Å². The summed E-state index contributed by atoms with van der Waals surface area (Å²) in [6.45, 7) is 10.2. The van der Waals surface area contributed by atoms with Gasteiger partial charge >= 0.3 is 0 Å². The summed E-state index contributed by atoms with van der Waals surface area (Å²) in [6, 6.07) is -0.0761. The van der Waals surface area contributed by atoms with Crippen molar-refractivity contribution in [1.82, 2.24) is 10.6 Å². The maximum atomic E-state index is 11.9. The molecule has 0 saturated heterocycles. The third kappa shape index (κ3) is 4.60. The van der Waals surface area contributed by atoms with Crippen LogP contribution in [0.2, 0.25) is 0 Å². The van der Waals surface area contributed by atoms with Crippen LogP contribution in [0.4, 0.5) is 0 Å². The van der Waals surface area contributed by atoms with E-state index in [0.717, 1.165) is 13.1 Å². The van der Waals surface area contributed by atoms with E-state index in [-0.39, 0.29) is 11.9 Å². The van der Waals surface area contributed by atoms with E-state index in [1.54, 1.807) is 0 Å². The lowest BCUT2D eigenvalue weighted by Gasteiger charge is -2.29. The van der Waals surface area contributed by atoms with E-state index in [1.807, 2.05) is 6.92 Å². The van der Waals surface area contributed by atoms with Crippen LogP contribution < -0.4 is 10.6 Å². The van der Waals surface area contributed by atoms with Crippen molar-refractivity contribution in [2.75, 3.05) is 13.1 Å². The summed E-state index contributed by atoms with van der Waals surface area (Å²) in [7, 11) is 0. The Labute approximate surface area is 112 Å². The van der Waals surface area contributed by atoms with Crippen molar-refractivity contribution in [1.29, 1.82) is 0 Å². The van der Waals surface area contributed by atoms with Crippen LogP contribution in [0.5, 0.6) is 0 Å². The highest BCUT2D eigenvalue weighted by molar-refractivity contribution is 5.81. The monoisotopic (exact) mass is 254 g/mol. The van der Waals surface area contributed by atoms with E-state index in [1.165, 1.54) is 32.1 Å². The van der Waals surface area contributed by atoms with E-state index < -0.39 is 0 Å². The Bertz CT molecular complexity index is 257. The van der Waals surface area contributed by atoms with Crippen molar-refractivity contribution < 1.29 is 4.79 Å². The highest BCUT2D eigenvalue weighted by Gasteiger charge is 2.32. The van der Waals surface area contributed by atoms with Gasteiger partial charge in [0.25, 0.3) is 0 Å². The Kier molecular flexibility index (Phi) is 6.13. The molecule has 1 saturated carbocycles. The SMILES string of the molecule is CCC1(CNC(C)C(=O)NCC(C)C)CCCC1. The van der Waals surface area contributed by atoms with Gasteiger partial charge in [0, 0.05) is 13.1 Å². The molecule has 1 amide bonds. The Hall–Kier alpha value is -0.570. The zero-order valence-corrected chi connectivity index (χ0v) is 12.5. The van der Waals surface area contributed by atoms with Crippen LogP contribution in [0, 0.1) is 11.3 Å². The average molecular weight is 254 g/mol. The van der Waals surface area contributed by atoms with Crippen molar-refractivity contribution in [2.24, 2.45) is 11.3 Å². The minimum atomic E-state index is -0.0761. The van der Waals surface area contributed by atoms with Gasteiger partial charge in [0.2, 0.25) is 5.91 Å². The van der Waals surface area contributed by atoms with Gasteiger partial charge in [-0.25, -0.2) is 0 Å². The highest BCUT2D eigenvalue weighted by atomic mass is 16.2. The van der Waals surface area contributed by atoms with Crippen LogP contribution in [0.15, 0.2) is 0 Å². The van der Waals surface area contributed by atoms with Gasteiger partial charge in [-0.1, -0.05) is 33.6 Å². The molecule has 3 heteroatoms. The quantitative estimate of drug-likeness (QED) is 0.733. The number of amides is 1. The minimum absolute atomic E-state index is 0.0761. The predicted octanol–water partition coefficient (Wildman–Crippen LogP) is 2.71. The lowest BCUT2D eigenvalue weighted by molar-refractivity contribution is -0.123. The van der Waals surface area contributed by atoms with Crippen molar-refractivity contribution in [3.8, 4) is 0 Å². The molecule has 1 aliphatic carbocycles. The largest absolute Gasteiger partial charge is 0.354 e. The molecule has 0 heterocycles. The summed E-state index contributed by atoms with van der Waals surface area (Å²) in [6.07, 6.45) is 6.56. The summed E-state index contributed by atoms with van der Waals surface area (Å²) in [5, 5.41) is 6.41. The fraction of sp³-hybridized carbons (Fsp3) is 0.933. The van der Waals surface area contributed by atoms with E-state index in [0.29, 0.717) is 11.3 Å². The van der Waals surface area contributed by atoms with Gasteiger partial charge in [-0.05, 0) is 37.5 Å². The van der Waals surface area contributed by atoms with Crippen molar-refractivity contribution >= 4 is 5.91 Å². The van der Waals surface area contributed by atoms with Crippen LogP contribution in [-0.2, 0) is 4.79 Å². The first kappa shape index (κ1) is 15.5. The van der Waals surface area contributed by atoms with Crippen molar-refractivity contribution in [3.05, 3.63) is 0 Å². The van der Waals surface area contributed by atoms with Gasteiger partial charge in [0.1, 0.15) is 0 Å². The second-order valence-corrected chi connectivity index (χ2v) is 6.30. The number of nitrogens with one attached hydrogen (secondary N) is 2. The lowest BCUT2D eigenvalue weighted by Crippen LogP contribution is -2.46. The molecular formula is C15H30N2O. The van der Waals surface area contributed by atoms with Gasteiger partial charge in [0.15, 0.2) is 0 Å². The molecule has 1 atom stereocenters. The molecule has 1 aliphatic rings. The molecule has 0 aromatic rings. The summed E-state index contributed by atoms with van der Waals surface area (Å²) in [5.74, 6) is 0.644. The first-order chi connectivity index (χ1) is 8.49. The molecule has 2 N–H and O–H groups in total. The maximum absolute atomic E-state index is 11.9. The zero-order chi connectivity index (χ0) is 13.6. The molecule has 0 spiro atoms. The van der Waals surface area contributed by atoms with Crippen molar-refractivity contribution in [2.45, 2.75) is 65.8 Å². The van der Waals surface area contributed by atoms with Crippen LogP contribution in [0.25, 0.3) is 0 Å². The van der Waals surface area contributed by atoms with Crippen LogP contribution in [0.1, 0.15) is 59.8 Å².